The van der Waals surface area contributed by atoms with Gasteiger partial charge in [0.15, 0.2) is 0 Å². The predicted molar refractivity (Wildman–Crippen MR) is 159 cm³/mol. The number of aliphatic carboxylic acids is 1. The van der Waals surface area contributed by atoms with Crippen LogP contribution in [0.3, 0.4) is 0 Å². The topological polar surface area (TPSA) is 167 Å². The van der Waals surface area contributed by atoms with Crippen molar-refractivity contribution in [2.75, 3.05) is 18.4 Å². The molecular formula is C30H41N5O6S. The standard InChI is InChI=1S/C30H41N5O6S/c1-18-15-19(2)27(20(3)16-18)42(40,41)35-25(30(38)39)17-32-29(37)22-7-10-23(11-8-22)33-26(36)13-12-24-9-6-21-5-4-14-31-28(21)34-24/h6,9,15-16,22-23,25,35H,4-5,7-8,10-14,17H2,1-3H3,(H,31,34)(H,32,37)(H,33,36)(H,38,39)/t22?,23?,25-/m0/s1. The van der Waals surface area contributed by atoms with Crippen LogP contribution in [0.4, 0.5) is 5.82 Å². The first kappa shape index (κ1) is 31.4. The number of aryl methyl sites for hydroxylation is 5. The molecule has 1 fully saturated rings. The van der Waals surface area contributed by atoms with Gasteiger partial charge in [-0.15, -0.1) is 0 Å². The number of carbonyl (C=O) groups is 3. The Kier molecular flexibility index (Phi) is 10.2. The first-order chi connectivity index (χ1) is 19.9. The van der Waals surface area contributed by atoms with Crippen LogP contribution in [0, 0.1) is 26.7 Å². The van der Waals surface area contributed by atoms with E-state index in [0.717, 1.165) is 36.5 Å². The smallest absolute Gasteiger partial charge is 0.323 e. The Hall–Kier alpha value is -3.51. The number of pyridine rings is 1. The minimum atomic E-state index is -4.13. The van der Waals surface area contributed by atoms with E-state index in [1.165, 1.54) is 5.56 Å². The third-order valence-corrected chi connectivity index (χ3v) is 9.75. The van der Waals surface area contributed by atoms with Crippen molar-refractivity contribution in [3.8, 4) is 0 Å². The molecule has 0 unspecified atom stereocenters. The summed E-state index contributed by atoms with van der Waals surface area (Å²) in [5, 5.41) is 18.6. The van der Waals surface area contributed by atoms with Gasteiger partial charge in [0, 0.05) is 37.2 Å². The maximum absolute atomic E-state index is 13.0. The van der Waals surface area contributed by atoms with Crippen LogP contribution in [-0.2, 0) is 37.2 Å². The van der Waals surface area contributed by atoms with Gasteiger partial charge in [-0.2, -0.15) is 4.72 Å². The fourth-order valence-corrected chi connectivity index (χ4v) is 7.55. The molecule has 1 aromatic heterocycles. The number of sulfonamides is 1. The third-order valence-electron chi connectivity index (χ3n) is 7.97. The van der Waals surface area contributed by atoms with Gasteiger partial charge in [-0.1, -0.05) is 23.8 Å². The normalized spacial score (nSPS) is 19.2. The van der Waals surface area contributed by atoms with Crippen LogP contribution in [-0.4, -0.2) is 61.5 Å². The Balaban J connectivity index is 1.22. The van der Waals surface area contributed by atoms with Crippen molar-refractivity contribution in [2.45, 2.75) is 89.1 Å². The number of hydrogen-bond acceptors (Lipinski definition) is 7. The minimum absolute atomic E-state index is 0.0284. The summed E-state index contributed by atoms with van der Waals surface area (Å²) in [6.45, 7) is 5.72. The molecule has 1 aliphatic carbocycles. The zero-order valence-corrected chi connectivity index (χ0v) is 25.3. The lowest BCUT2D eigenvalue weighted by Gasteiger charge is -2.29. The second-order valence-corrected chi connectivity index (χ2v) is 13.1. The zero-order valence-electron chi connectivity index (χ0n) is 24.5. The van der Waals surface area contributed by atoms with Crippen molar-refractivity contribution in [1.29, 1.82) is 0 Å². The van der Waals surface area contributed by atoms with Gasteiger partial charge in [0.1, 0.15) is 11.9 Å². The first-order valence-electron chi connectivity index (χ1n) is 14.6. The van der Waals surface area contributed by atoms with Crippen LogP contribution < -0.4 is 20.7 Å². The molecule has 42 heavy (non-hydrogen) atoms. The van der Waals surface area contributed by atoms with Crippen molar-refractivity contribution in [2.24, 2.45) is 5.92 Å². The van der Waals surface area contributed by atoms with Gasteiger partial charge in [0.05, 0.1) is 4.90 Å². The fourth-order valence-electron chi connectivity index (χ4n) is 5.91. The molecule has 2 aromatic rings. The molecule has 1 aliphatic heterocycles. The number of nitrogens with zero attached hydrogens (tertiary/aromatic N) is 1. The van der Waals surface area contributed by atoms with Crippen LogP contribution in [0.2, 0.25) is 0 Å². The van der Waals surface area contributed by atoms with E-state index >= 15 is 0 Å². The molecule has 228 valence electrons. The highest BCUT2D eigenvalue weighted by atomic mass is 32.2. The molecule has 2 amide bonds. The van der Waals surface area contributed by atoms with Gasteiger partial charge in [-0.3, -0.25) is 14.4 Å². The highest BCUT2D eigenvalue weighted by Crippen LogP contribution is 2.25. The maximum Gasteiger partial charge on any atom is 0.323 e. The van der Waals surface area contributed by atoms with Crippen LogP contribution in [0.25, 0.3) is 0 Å². The van der Waals surface area contributed by atoms with Crippen molar-refractivity contribution in [3.05, 3.63) is 52.2 Å². The Morgan fingerprint density at radius 1 is 1.07 bits per heavy atom. The van der Waals surface area contributed by atoms with Crippen molar-refractivity contribution < 1.29 is 27.9 Å². The molecule has 2 heterocycles. The number of anilines is 1. The maximum atomic E-state index is 13.0. The Morgan fingerprint density at radius 3 is 2.43 bits per heavy atom. The second-order valence-electron chi connectivity index (χ2n) is 11.4. The average molecular weight is 600 g/mol. The summed E-state index contributed by atoms with van der Waals surface area (Å²) < 4.78 is 28.3. The molecule has 4 rings (SSSR count). The summed E-state index contributed by atoms with van der Waals surface area (Å²) in [7, 11) is -4.13. The van der Waals surface area contributed by atoms with Gasteiger partial charge >= 0.3 is 5.97 Å². The van der Waals surface area contributed by atoms with Crippen LogP contribution >= 0.6 is 0 Å². The molecule has 0 saturated heterocycles. The predicted octanol–water partition coefficient (Wildman–Crippen LogP) is 2.52. The largest absolute Gasteiger partial charge is 0.480 e. The van der Waals surface area contributed by atoms with E-state index in [-0.39, 0.29) is 35.2 Å². The average Bonchev–Trinajstić information content (AvgIpc) is 2.93. The summed E-state index contributed by atoms with van der Waals surface area (Å²) in [6.07, 6.45) is 5.34. The van der Waals surface area contributed by atoms with E-state index in [0.29, 0.717) is 49.7 Å². The van der Waals surface area contributed by atoms with Gasteiger partial charge in [0.25, 0.3) is 0 Å². The number of carboxylic acid groups (broad SMARTS) is 1. The molecule has 0 bridgehead atoms. The molecule has 1 atom stereocenters. The van der Waals surface area contributed by atoms with Crippen LogP contribution in [0.5, 0.6) is 0 Å². The van der Waals surface area contributed by atoms with E-state index < -0.39 is 22.0 Å². The molecular weight excluding hydrogens is 558 g/mol. The van der Waals surface area contributed by atoms with Gasteiger partial charge in [-0.05, 0) is 88.5 Å². The Labute approximate surface area is 247 Å². The highest BCUT2D eigenvalue weighted by molar-refractivity contribution is 7.89. The quantitative estimate of drug-likeness (QED) is 0.263. The number of nitrogens with one attached hydrogen (secondary N) is 4. The lowest BCUT2D eigenvalue weighted by molar-refractivity contribution is -0.139. The third kappa shape index (κ3) is 8.07. The van der Waals surface area contributed by atoms with E-state index in [1.807, 2.05) is 13.0 Å². The molecule has 0 radical (unpaired) electrons. The van der Waals surface area contributed by atoms with Crippen molar-refractivity contribution >= 4 is 33.6 Å². The van der Waals surface area contributed by atoms with E-state index in [1.54, 1.807) is 26.0 Å². The summed E-state index contributed by atoms with van der Waals surface area (Å²) >= 11 is 0. The summed E-state index contributed by atoms with van der Waals surface area (Å²) in [6, 6.07) is 5.96. The Morgan fingerprint density at radius 2 is 1.76 bits per heavy atom. The van der Waals surface area contributed by atoms with Crippen molar-refractivity contribution in [1.82, 2.24) is 20.3 Å². The monoisotopic (exact) mass is 599 g/mol. The Bertz CT molecular complexity index is 1410. The van der Waals surface area contributed by atoms with Crippen molar-refractivity contribution in [3.63, 3.8) is 0 Å². The summed E-state index contributed by atoms with van der Waals surface area (Å²) in [5.41, 5.74) is 4.03. The van der Waals surface area contributed by atoms with E-state index in [2.05, 4.69) is 31.7 Å². The molecule has 12 heteroatoms. The SMILES string of the molecule is Cc1cc(C)c(S(=O)(=O)N[C@@H](CNC(=O)C2CCC(NC(=O)CCc3ccc4c(n3)NCCC4)CC2)C(=O)O)c(C)c1. The highest BCUT2D eigenvalue weighted by Gasteiger charge is 2.31. The molecule has 11 nitrogen and oxygen atoms in total. The number of amides is 2. The lowest BCUT2D eigenvalue weighted by atomic mass is 9.85. The van der Waals surface area contributed by atoms with Gasteiger partial charge in [0.2, 0.25) is 21.8 Å². The van der Waals surface area contributed by atoms with E-state index in [9.17, 15) is 27.9 Å². The van der Waals surface area contributed by atoms with Gasteiger partial charge in [-0.25, -0.2) is 13.4 Å². The van der Waals surface area contributed by atoms with E-state index in [4.69, 9.17) is 0 Å². The minimum Gasteiger partial charge on any atom is -0.480 e. The number of benzene rings is 1. The number of hydrogen-bond donors (Lipinski definition) is 5. The molecule has 0 spiro atoms. The number of carbonyl (C=O) groups excluding carboxylic acids is 2. The van der Waals surface area contributed by atoms with Crippen LogP contribution in [0.1, 0.15) is 66.5 Å². The number of fused-ring (bicyclic) bond motifs is 1. The molecule has 5 N–H and O–H groups in total. The molecule has 1 aromatic carbocycles. The zero-order chi connectivity index (χ0) is 30.4. The summed E-state index contributed by atoms with van der Waals surface area (Å²) in [5.74, 6) is -1.17. The number of aromatic nitrogens is 1. The van der Waals surface area contributed by atoms with Gasteiger partial charge < -0.3 is 21.1 Å². The number of rotatable bonds is 11. The molecule has 1 saturated carbocycles. The lowest BCUT2D eigenvalue weighted by Crippen LogP contribution is -2.50. The number of carboxylic acids is 1. The summed E-state index contributed by atoms with van der Waals surface area (Å²) in [4.78, 5) is 41.9. The van der Waals surface area contributed by atoms with Crippen LogP contribution in [0.15, 0.2) is 29.2 Å². The second kappa shape index (κ2) is 13.6. The first-order valence-corrected chi connectivity index (χ1v) is 16.0. The fraction of sp³-hybridized carbons (Fsp3) is 0.533. The molecule has 2 aliphatic rings.